The van der Waals surface area contributed by atoms with Gasteiger partial charge in [0.25, 0.3) is 0 Å². The number of unbranched alkanes of at least 4 members (excludes halogenated alkanes) is 1. The third-order valence-electron chi connectivity index (χ3n) is 8.10. The van der Waals surface area contributed by atoms with E-state index in [1.807, 2.05) is 36.1 Å². The van der Waals surface area contributed by atoms with Gasteiger partial charge in [-0.25, -0.2) is 0 Å². The van der Waals surface area contributed by atoms with Crippen molar-refractivity contribution in [3.63, 3.8) is 0 Å². The molecule has 1 aromatic carbocycles. The minimum atomic E-state index is -0.814. The van der Waals surface area contributed by atoms with Gasteiger partial charge in [-0.15, -0.1) is 0 Å². The van der Waals surface area contributed by atoms with Crippen LogP contribution in [-0.2, 0) is 25.5 Å². The number of piperidine rings is 1. The van der Waals surface area contributed by atoms with E-state index in [2.05, 4.69) is 23.5 Å². The van der Waals surface area contributed by atoms with Crippen LogP contribution in [0.25, 0.3) is 0 Å². The lowest BCUT2D eigenvalue weighted by atomic mass is 9.71. The summed E-state index contributed by atoms with van der Waals surface area (Å²) in [7, 11) is 0. The minimum Gasteiger partial charge on any atom is -0.465 e. The van der Waals surface area contributed by atoms with Gasteiger partial charge < -0.3 is 15.0 Å². The maximum absolute atomic E-state index is 13.7. The number of fused-ring (bicyclic) bond motifs is 1. The first-order chi connectivity index (χ1) is 18.0. The molecular weight excluding hydrogens is 464 g/mol. The highest BCUT2D eigenvalue weighted by atomic mass is 16.5. The molecular formula is C31H42N2O4. The fraction of sp³-hybridized carbons (Fsp3) is 0.581. The van der Waals surface area contributed by atoms with Crippen LogP contribution in [0.15, 0.2) is 53.8 Å². The zero-order valence-corrected chi connectivity index (χ0v) is 22.3. The zero-order chi connectivity index (χ0) is 26.1. The van der Waals surface area contributed by atoms with Gasteiger partial charge in [0.15, 0.2) is 0 Å². The van der Waals surface area contributed by atoms with E-state index in [-0.39, 0.29) is 24.2 Å². The lowest BCUT2D eigenvalue weighted by Gasteiger charge is -2.44. The Morgan fingerprint density at radius 3 is 2.68 bits per heavy atom. The number of esters is 1. The molecule has 0 bridgehead atoms. The number of ether oxygens (including phenoxy) is 1. The van der Waals surface area contributed by atoms with Gasteiger partial charge in [-0.2, -0.15) is 0 Å². The molecule has 1 saturated heterocycles. The number of nitrogens with one attached hydrogen (secondary N) is 1. The second kappa shape index (κ2) is 13.1. The number of hydrogen-bond donors (Lipinski definition) is 1. The Balaban J connectivity index is 1.37. The molecule has 2 atom stereocenters. The number of aryl methyl sites for hydroxylation is 1. The molecule has 200 valence electrons. The van der Waals surface area contributed by atoms with E-state index in [0.717, 1.165) is 50.6 Å². The standard InChI is InChI=1S/C31H42N2O4/c1-2-37-30(36)31-19-11-17-27(31)33(21-18-25-14-7-4-8-15-25)29(35)26(23-31)22-28(34)32-20-10-9-16-24-12-5-3-6-13-24/h3,5-6,12-14,17,26H,2,4,7-11,15-16,18-23H2,1H3,(H,32,34)/t26-,31+/m1/s1. The van der Waals surface area contributed by atoms with Crippen molar-refractivity contribution in [1.82, 2.24) is 10.2 Å². The van der Waals surface area contributed by atoms with E-state index < -0.39 is 11.3 Å². The predicted molar refractivity (Wildman–Crippen MR) is 144 cm³/mol. The smallest absolute Gasteiger partial charge is 0.318 e. The van der Waals surface area contributed by atoms with E-state index in [1.54, 1.807) is 0 Å². The Kier molecular flexibility index (Phi) is 9.59. The Bertz CT molecular complexity index is 1020. The van der Waals surface area contributed by atoms with Crippen LogP contribution in [0.2, 0.25) is 0 Å². The number of carbonyl (C=O) groups is 3. The van der Waals surface area contributed by atoms with Gasteiger partial charge >= 0.3 is 5.97 Å². The van der Waals surface area contributed by atoms with Crippen LogP contribution in [0.4, 0.5) is 0 Å². The lowest BCUT2D eigenvalue weighted by Crippen LogP contribution is -2.52. The number of allylic oxidation sites excluding steroid dienone is 2. The lowest BCUT2D eigenvalue weighted by molar-refractivity contribution is -0.160. The second-order valence-corrected chi connectivity index (χ2v) is 10.7. The van der Waals surface area contributed by atoms with Gasteiger partial charge in [0, 0.05) is 31.1 Å². The van der Waals surface area contributed by atoms with Crippen molar-refractivity contribution >= 4 is 17.8 Å². The number of rotatable bonds is 12. The topological polar surface area (TPSA) is 75.7 Å². The molecule has 4 rings (SSSR count). The number of likely N-dealkylation sites (tertiary alicyclic amines) is 1. The van der Waals surface area contributed by atoms with Crippen molar-refractivity contribution in [3.8, 4) is 0 Å². The van der Waals surface area contributed by atoms with Gasteiger partial charge in [-0.1, -0.05) is 48.1 Å². The number of nitrogens with zero attached hydrogens (tertiary/aromatic N) is 1. The summed E-state index contributed by atoms with van der Waals surface area (Å²) in [6.07, 6.45) is 14.5. The van der Waals surface area contributed by atoms with Gasteiger partial charge in [0.2, 0.25) is 11.8 Å². The van der Waals surface area contributed by atoms with Gasteiger partial charge in [0.1, 0.15) is 5.41 Å². The van der Waals surface area contributed by atoms with Crippen molar-refractivity contribution in [2.24, 2.45) is 11.3 Å². The minimum absolute atomic E-state index is 0.0243. The first-order valence-electron chi connectivity index (χ1n) is 14.2. The first kappa shape index (κ1) is 27.2. The Labute approximate surface area is 221 Å². The van der Waals surface area contributed by atoms with E-state index in [1.165, 1.54) is 24.0 Å². The van der Waals surface area contributed by atoms with Crippen LogP contribution in [0, 0.1) is 11.3 Å². The summed E-state index contributed by atoms with van der Waals surface area (Å²) in [5.74, 6) is -0.898. The summed E-state index contributed by atoms with van der Waals surface area (Å²) in [6.45, 7) is 3.29. The summed E-state index contributed by atoms with van der Waals surface area (Å²) in [5, 5.41) is 3.01. The van der Waals surface area contributed by atoms with Crippen molar-refractivity contribution in [2.75, 3.05) is 19.7 Å². The highest BCUT2D eigenvalue weighted by molar-refractivity contribution is 5.92. The number of benzene rings is 1. The molecule has 1 aromatic rings. The summed E-state index contributed by atoms with van der Waals surface area (Å²) in [5.41, 5.74) is 2.70. The monoisotopic (exact) mass is 506 g/mol. The van der Waals surface area contributed by atoms with Gasteiger partial charge in [-0.05, 0) is 83.1 Å². The fourth-order valence-electron chi connectivity index (χ4n) is 6.16. The Morgan fingerprint density at radius 2 is 1.92 bits per heavy atom. The van der Waals surface area contributed by atoms with E-state index in [4.69, 9.17) is 4.74 Å². The molecule has 6 nitrogen and oxygen atoms in total. The second-order valence-electron chi connectivity index (χ2n) is 10.7. The van der Waals surface area contributed by atoms with E-state index >= 15 is 0 Å². The molecule has 1 heterocycles. The average molecular weight is 507 g/mol. The zero-order valence-electron chi connectivity index (χ0n) is 22.3. The quantitative estimate of drug-likeness (QED) is 0.231. The van der Waals surface area contributed by atoms with E-state index in [9.17, 15) is 14.4 Å². The molecule has 2 aliphatic carbocycles. The summed E-state index contributed by atoms with van der Waals surface area (Å²) >= 11 is 0. The molecule has 0 spiro atoms. The van der Waals surface area contributed by atoms with Crippen LogP contribution in [0.1, 0.15) is 83.1 Å². The summed E-state index contributed by atoms with van der Waals surface area (Å²) < 4.78 is 5.52. The third kappa shape index (κ3) is 6.71. The summed E-state index contributed by atoms with van der Waals surface area (Å²) in [4.78, 5) is 41.6. The van der Waals surface area contributed by atoms with Crippen LogP contribution < -0.4 is 5.32 Å². The van der Waals surface area contributed by atoms with Crippen molar-refractivity contribution in [2.45, 2.75) is 84.0 Å². The number of amides is 2. The maximum atomic E-state index is 13.7. The molecule has 2 amide bonds. The van der Waals surface area contributed by atoms with Crippen LogP contribution in [0.3, 0.4) is 0 Å². The van der Waals surface area contributed by atoms with Crippen LogP contribution in [-0.4, -0.2) is 42.4 Å². The Hall–Kier alpha value is -2.89. The molecule has 0 unspecified atom stereocenters. The molecule has 1 fully saturated rings. The molecule has 37 heavy (non-hydrogen) atoms. The normalized spacial score (nSPS) is 23.2. The van der Waals surface area contributed by atoms with Crippen LogP contribution in [0.5, 0.6) is 0 Å². The van der Waals surface area contributed by atoms with Crippen molar-refractivity contribution in [1.29, 1.82) is 0 Å². The number of hydrogen-bond acceptors (Lipinski definition) is 4. The largest absolute Gasteiger partial charge is 0.465 e. The van der Waals surface area contributed by atoms with Crippen molar-refractivity contribution < 1.29 is 19.1 Å². The number of carbonyl (C=O) groups excluding carboxylic acids is 3. The van der Waals surface area contributed by atoms with Crippen molar-refractivity contribution in [3.05, 3.63) is 59.3 Å². The first-order valence-corrected chi connectivity index (χ1v) is 14.2. The third-order valence-corrected chi connectivity index (χ3v) is 8.10. The predicted octanol–water partition coefficient (Wildman–Crippen LogP) is 5.48. The highest BCUT2D eigenvalue weighted by Crippen LogP contribution is 2.51. The van der Waals surface area contributed by atoms with Gasteiger partial charge in [0.05, 0.1) is 6.61 Å². The average Bonchev–Trinajstić information content (AvgIpc) is 3.35. The molecule has 1 aliphatic heterocycles. The molecule has 6 heteroatoms. The highest BCUT2D eigenvalue weighted by Gasteiger charge is 2.55. The molecule has 0 aromatic heterocycles. The Morgan fingerprint density at radius 1 is 1.08 bits per heavy atom. The SMILES string of the molecule is CCOC(=O)[C@]12CCC=C1N(CCC1=CCCCC1)C(=O)[C@H](CC(=O)NCCCCc1ccccc1)C2. The fourth-order valence-corrected chi connectivity index (χ4v) is 6.16. The van der Waals surface area contributed by atoms with E-state index in [0.29, 0.717) is 32.5 Å². The molecule has 0 radical (unpaired) electrons. The molecule has 0 saturated carbocycles. The molecule has 3 aliphatic rings. The summed E-state index contributed by atoms with van der Waals surface area (Å²) in [6, 6.07) is 10.3. The van der Waals surface area contributed by atoms with Crippen LogP contribution >= 0.6 is 0 Å². The van der Waals surface area contributed by atoms with Gasteiger partial charge in [-0.3, -0.25) is 14.4 Å². The molecule has 1 N–H and O–H groups in total. The maximum Gasteiger partial charge on any atom is 0.318 e.